The van der Waals surface area contributed by atoms with Crippen molar-refractivity contribution in [1.82, 2.24) is 5.32 Å². The minimum Gasteiger partial charge on any atom is -0.480 e. The van der Waals surface area contributed by atoms with Crippen LogP contribution in [0, 0.1) is 11.8 Å². The summed E-state index contributed by atoms with van der Waals surface area (Å²) in [7, 11) is 0. The molecule has 4 heteroatoms. The molecule has 0 spiro atoms. The molecule has 0 unspecified atom stereocenters. The van der Waals surface area contributed by atoms with Crippen molar-refractivity contribution in [2.45, 2.75) is 45.6 Å². The van der Waals surface area contributed by atoms with Crippen molar-refractivity contribution in [2.24, 2.45) is 11.8 Å². The molecule has 86 valence electrons. The molecule has 1 amide bonds. The third-order valence-electron chi connectivity index (χ3n) is 3.12. The number of carbonyl (C=O) groups excluding carboxylic acids is 1. The van der Waals surface area contributed by atoms with Crippen molar-refractivity contribution in [3.05, 3.63) is 0 Å². The third-order valence-corrected chi connectivity index (χ3v) is 3.12. The molecule has 1 atom stereocenters. The van der Waals surface area contributed by atoms with Crippen LogP contribution in [0.5, 0.6) is 0 Å². The Kier molecular flexibility index (Phi) is 4.12. The first-order valence-electron chi connectivity index (χ1n) is 5.54. The molecule has 4 nitrogen and oxygen atoms in total. The van der Waals surface area contributed by atoms with Crippen molar-refractivity contribution in [3.63, 3.8) is 0 Å². The summed E-state index contributed by atoms with van der Waals surface area (Å²) < 4.78 is 0. The van der Waals surface area contributed by atoms with E-state index in [1.165, 1.54) is 6.92 Å². The van der Waals surface area contributed by atoms with Gasteiger partial charge in [0, 0.05) is 5.92 Å². The first-order chi connectivity index (χ1) is 7.00. The van der Waals surface area contributed by atoms with Crippen LogP contribution < -0.4 is 5.32 Å². The van der Waals surface area contributed by atoms with Crippen molar-refractivity contribution >= 4 is 11.9 Å². The van der Waals surface area contributed by atoms with Crippen molar-refractivity contribution in [3.8, 4) is 0 Å². The van der Waals surface area contributed by atoms with Crippen LogP contribution >= 0.6 is 0 Å². The van der Waals surface area contributed by atoms with E-state index < -0.39 is 12.0 Å². The highest BCUT2D eigenvalue weighted by atomic mass is 16.4. The fourth-order valence-corrected chi connectivity index (χ4v) is 1.92. The van der Waals surface area contributed by atoms with Gasteiger partial charge in [-0.1, -0.05) is 6.92 Å². The van der Waals surface area contributed by atoms with Gasteiger partial charge in [-0.15, -0.1) is 0 Å². The minimum atomic E-state index is -0.979. The fourth-order valence-electron chi connectivity index (χ4n) is 1.92. The lowest BCUT2D eigenvalue weighted by atomic mass is 9.82. The molecule has 15 heavy (non-hydrogen) atoms. The Labute approximate surface area is 90.0 Å². The molecule has 1 aliphatic carbocycles. The number of carboxylic acids is 1. The van der Waals surface area contributed by atoms with Crippen LogP contribution in [-0.4, -0.2) is 23.0 Å². The Morgan fingerprint density at radius 2 is 1.80 bits per heavy atom. The zero-order valence-corrected chi connectivity index (χ0v) is 9.32. The molecule has 2 N–H and O–H groups in total. The van der Waals surface area contributed by atoms with Crippen LogP contribution in [0.4, 0.5) is 0 Å². The lowest BCUT2D eigenvalue weighted by molar-refractivity contribution is -0.142. The van der Waals surface area contributed by atoms with Gasteiger partial charge in [-0.3, -0.25) is 9.59 Å². The van der Waals surface area contributed by atoms with Gasteiger partial charge >= 0.3 is 5.97 Å². The van der Waals surface area contributed by atoms with Gasteiger partial charge in [0.1, 0.15) is 6.04 Å². The van der Waals surface area contributed by atoms with E-state index in [1.54, 1.807) is 0 Å². The second kappa shape index (κ2) is 5.14. The molecular formula is C11H19NO3. The summed E-state index contributed by atoms with van der Waals surface area (Å²) in [6.07, 6.45) is 3.91. The van der Waals surface area contributed by atoms with Crippen LogP contribution in [0.2, 0.25) is 0 Å². The van der Waals surface area contributed by atoms with Crippen LogP contribution in [0.1, 0.15) is 39.5 Å². The van der Waals surface area contributed by atoms with E-state index in [0.717, 1.165) is 25.7 Å². The number of carboxylic acid groups (broad SMARTS) is 1. The Morgan fingerprint density at radius 3 is 2.27 bits per heavy atom. The lowest BCUT2D eigenvalue weighted by Crippen LogP contribution is -2.42. The summed E-state index contributed by atoms with van der Waals surface area (Å²) in [5.41, 5.74) is 0. The predicted octanol–water partition coefficient (Wildman–Crippen LogP) is 1.40. The third kappa shape index (κ3) is 3.53. The minimum absolute atomic E-state index is 0.0167. The average molecular weight is 213 g/mol. The second-order valence-corrected chi connectivity index (χ2v) is 4.53. The highest BCUT2D eigenvalue weighted by Crippen LogP contribution is 2.28. The van der Waals surface area contributed by atoms with Crippen LogP contribution in [0.3, 0.4) is 0 Å². The molecule has 0 saturated heterocycles. The van der Waals surface area contributed by atoms with Gasteiger partial charge in [0.05, 0.1) is 0 Å². The quantitative estimate of drug-likeness (QED) is 0.744. The SMILES string of the molecule is CC1CCC(C(=O)N[C@H](C)C(=O)O)CC1. The lowest BCUT2D eigenvalue weighted by Gasteiger charge is -2.25. The fraction of sp³-hybridized carbons (Fsp3) is 0.818. The summed E-state index contributed by atoms with van der Waals surface area (Å²) in [4.78, 5) is 22.2. The standard InChI is InChI=1S/C11H19NO3/c1-7-3-5-9(6-4-7)10(13)12-8(2)11(14)15/h7-9H,3-6H2,1-2H3,(H,12,13)(H,14,15)/t7?,8-,9?/m1/s1. The van der Waals surface area contributed by atoms with Gasteiger partial charge in [-0.2, -0.15) is 0 Å². The van der Waals surface area contributed by atoms with Crippen LogP contribution in [0.25, 0.3) is 0 Å². The largest absolute Gasteiger partial charge is 0.480 e. The zero-order valence-electron chi connectivity index (χ0n) is 9.32. The molecule has 1 rings (SSSR count). The number of amides is 1. The number of hydrogen-bond acceptors (Lipinski definition) is 2. The Balaban J connectivity index is 2.37. The summed E-state index contributed by atoms with van der Waals surface area (Å²) >= 11 is 0. The predicted molar refractivity (Wildman–Crippen MR) is 56.4 cm³/mol. The van der Waals surface area contributed by atoms with Gasteiger partial charge in [0.25, 0.3) is 0 Å². The maximum absolute atomic E-state index is 11.6. The normalized spacial score (nSPS) is 28.1. The van der Waals surface area contributed by atoms with Crippen molar-refractivity contribution < 1.29 is 14.7 Å². The summed E-state index contributed by atoms with van der Waals surface area (Å²) in [6.45, 7) is 3.68. The summed E-state index contributed by atoms with van der Waals surface area (Å²) in [6, 6.07) is -0.781. The van der Waals surface area contributed by atoms with Gasteiger partial charge in [0.15, 0.2) is 0 Å². The van der Waals surface area contributed by atoms with Crippen LogP contribution in [-0.2, 0) is 9.59 Å². The molecule has 0 radical (unpaired) electrons. The smallest absolute Gasteiger partial charge is 0.325 e. The molecule has 1 fully saturated rings. The topological polar surface area (TPSA) is 66.4 Å². The summed E-state index contributed by atoms with van der Waals surface area (Å²) in [5.74, 6) is -0.363. The van der Waals surface area contributed by atoms with Gasteiger partial charge in [-0.25, -0.2) is 0 Å². The maximum Gasteiger partial charge on any atom is 0.325 e. The number of hydrogen-bond donors (Lipinski definition) is 2. The number of nitrogens with one attached hydrogen (secondary N) is 1. The Hall–Kier alpha value is -1.06. The number of carbonyl (C=O) groups is 2. The first kappa shape index (κ1) is 12.0. The van der Waals surface area contributed by atoms with E-state index in [1.807, 2.05) is 0 Å². The van der Waals surface area contributed by atoms with Gasteiger partial charge in [-0.05, 0) is 38.5 Å². The number of rotatable bonds is 3. The van der Waals surface area contributed by atoms with E-state index in [4.69, 9.17) is 5.11 Å². The highest BCUT2D eigenvalue weighted by molar-refractivity contribution is 5.84. The number of aliphatic carboxylic acids is 1. The zero-order chi connectivity index (χ0) is 11.4. The van der Waals surface area contributed by atoms with E-state index in [9.17, 15) is 9.59 Å². The molecule has 0 aromatic carbocycles. The van der Waals surface area contributed by atoms with Gasteiger partial charge < -0.3 is 10.4 Å². The van der Waals surface area contributed by atoms with Crippen LogP contribution in [0.15, 0.2) is 0 Å². The highest BCUT2D eigenvalue weighted by Gasteiger charge is 2.26. The monoisotopic (exact) mass is 213 g/mol. The molecule has 0 aliphatic heterocycles. The van der Waals surface area contributed by atoms with Gasteiger partial charge in [0.2, 0.25) is 5.91 Å². The molecule has 0 heterocycles. The first-order valence-corrected chi connectivity index (χ1v) is 5.54. The average Bonchev–Trinajstić information content (AvgIpc) is 2.18. The molecule has 1 saturated carbocycles. The maximum atomic E-state index is 11.6. The van der Waals surface area contributed by atoms with E-state index in [0.29, 0.717) is 5.92 Å². The molecule has 0 bridgehead atoms. The Morgan fingerprint density at radius 1 is 1.27 bits per heavy atom. The molecule has 0 aromatic heterocycles. The van der Waals surface area contributed by atoms with E-state index in [2.05, 4.69) is 12.2 Å². The second-order valence-electron chi connectivity index (χ2n) is 4.53. The molecule has 1 aliphatic rings. The molecular weight excluding hydrogens is 194 g/mol. The van der Waals surface area contributed by atoms with E-state index >= 15 is 0 Å². The van der Waals surface area contributed by atoms with Crippen molar-refractivity contribution in [2.75, 3.05) is 0 Å². The summed E-state index contributed by atoms with van der Waals surface area (Å²) in [5, 5.41) is 11.2. The van der Waals surface area contributed by atoms with Crippen molar-refractivity contribution in [1.29, 1.82) is 0 Å². The van der Waals surface area contributed by atoms with E-state index in [-0.39, 0.29) is 11.8 Å². The molecule has 0 aromatic rings. The Bertz CT molecular complexity index is 244.